The van der Waals surface area contributed by atoms with E-state index in [9.17, 15) is 4.79 Å². The summed E-state index contributed by atoms with van der Waals surface area (Å²) in [5.74, 6) is 0.440. The molecule has 0 spiro atoms. The second-order valence-electron chi connectivity index (χ2n) is 4.12. The Labute approximate surface area is 113 Å². The van der Waals surface area contributed by atoms with Gasteiger partial charge in [0.2, 0.25) is 0 Å². The standard InChI is InChI=1S/C13H19ClN2O2/c1-4-15-8-10-5-6-12(11(14)7-10)18-9-13(17)16(2)3/h5-7,15H,4,8-9H2,1-3H3. The molecule has 1 rings (SSSR count). The Morgan fingerprint density at radius 1 is 1.44 bits per heavy atom. The lowest BCUT2D eigenvalue weighted by molar-refractivity contribution is -0.130. The number of rotatable bonds is 6. The van der Waals surface area contributed by atoms with Gasteiger partial charge in [-0.15, -0.1) is 0 Å². The minimum absolute atomic E-state index is 0.000718. The summed E-state index contributed by atoms with van der Waals surface area (Å²) in [6.07, 6.45) is 0. The number of amides is 1. The third-order valence-electron chi connectivity index (χ3n) is 2.43. The van der Waals surface area contributed by atoms with Crippen molar-refractivity contribution in [1.82, 2.24) is 10.2 Å². The van der Waals surface area contributed by atoms with Gasteiger partial charge in [-0.25, -0.2) is 0 Å². The van der Waals surface area contributed by atoms with Crippen molar-refractivity contribution in [2.24, 2.45) is 0 Å². The van der Waals surface area contributed by atoms with Gasteiger partial charge in [-0.3, -0.25) is 4.79 Å². The highest BCUT2D eigenvalue weighted by Gasteiger charge is 2.08. The number of halogens is 1. The van der Waals surface area contributed by atoms with Crippen LogP contribution in [0.5, 0.6) is 5.75 Å². The summed E-state index contributed by atoms with van der Waals surface area (Å²) in [5, 5.41) is 3.74. The summed E-state index contributed by atoms with van der Waals surface area (Å²) in [5.41, 5.74) is 1.09. The number of nitrogens with zero attached hydrogens (tertiary/aromatic N) is 1. The third-order valence-corrected chi connectivity index (χ3v) is 2.72. The molecular weight excluding hydrogens is 252 g/mol. The monoisotopic (exact) mass is 270 g/mol. The van der Waals surface area contributed by atoms with Crippen LogP contribution in [-0.4, -0.2) is 38.1 Å². The molecule has 0 saturated heterocycles. The Kier molecular flexibility index (Phi) is 5.95. The van der Waals surface area contributed by atoms with E-state index in [2.05, 4.69) is 5.32 Å². The highest BCUT2D eigenvalue weighted by Crippen LogP contribution is 2.25. The fourth-order valence-electron chi connectivity index (χ4n) is 1.31. The number of hydrogen-bond donors (Lipinski definition) is 1. The Morgan fingerprint density at radius 2 is 2.17 bits per heavy atom. The lowest BCUT2D eigenvalue weighted by Crippen LogP contribution is -2.27. The maximum absolute atomic E-state index is 11.4. The van der Waals surface area contributed by atoms with Crippen molar-refractivity contribution in [1.29, 1.82) is 0 Å². The summed E-state index contributed by atoms with van der Waals surface area (Å²) >= 11 is 6.09. The molecule has 0 bridgehead atoms. The van der Waals surface area contributed by atoms with Crippen LogP contribution in [0.2, 0.25) is 5.02 Å². The molecule has 0 aromatic heterocycles. The highest BCUT2D eigenvalue weighted by molar-refractivity contribution is 6.32. The van der Waals surface area contributed by atoms with Gasteiger partial charge in [0.1, 0.15) is 5.75 Å². The van der Waals surface area contributed by atoms with E-state index in [0.717, 1.165) is 18.7 Å². The average Bonchev–Trinajstić information content (AvgIpc) is 2.34. The molecule has 0 aliphatic rings. The van der Waals surface area contributed by atoms with E-state index in [4.69, 9.17) is 16.3 Å². The first kappa shape index (κ1) is 14.8. The molecule has 4 nitrogen and oxygen atoms in total. The molecule has 5 heteroatoms. The zero-order valence-electron chi connectivity index (χ0n) is 11.0. The van der Waals surface area contributed by atoms with Gasteiger partial charge in [0.25, 0.3) is 5.91 Å². The van der Waals surface area contributed by atoms with Gasteiger partial charge in [0.05, 0.1) is 5.02 Å². The predicted octanol–water partition coefficient (Wildman–Crippen LogP) is 1.92. The third kappa shape index (κ3) is 4.55. The van der Waals surface area contributed by atoms with E-state index in [-0.39, 0.29) is 12.5 Å². The number of hydrogen-bond acceptors (Lipinski definition) is 3. The van der Waals surface area contributed by atoms with Crippen molar-refractivity contribution in [3.8, 4) is 5.75 Å². The molecule has 18 heavy (non-hydrogen) atoms. The van der Waals surface area contributed by atoms with Gasteiger partial charge in [0, 0.05) is 20.6 Å². The summed E-state index contributed by atoms with van der Waals surface area (Å²) in [7, 11) is 3.37. The van der Waals surface area contributed by atoms with Crippen LogP contribution >= 0.6 is 11.6 Å². The number of ether oxygens (including phenoxy) is 1. The zero-order chi connectivity index (χ0) is 13.5. The molecule has 1 amide bonds. The molecule has 0 fully saturated rings. The first-order chi connectivity index (χ1) is 8.54. The van der Waals surface area contributed by atoms with Crippen LogP contribution in [0.3, 0.4) is 0 Å². The fraction of sp³-hybridized carbons (Fsp3) is 0.462. The number of carbonyl (C=O) groups is 1. The maximum Gasteiger partial charge on any atom is 0.259 e. The van der Waals surface area contributed by atoms with Crippen molar-refractivity contribution >= 4 is 17.5 Å². The van der Waals surface area contributed by atoms with Gasteiger partial charge in [-0.05, 0) is 24.2 Å². The molecule has 0 aliphatic carbocycles. The van der Waals surface area contributed by atoms with Crippen LogP contribution in [0.4, 0.5) is 0 Å². The van der Waals surface area contributed by atoms with E-state index < -0.39 is 0 Å². The van der Waals surface area contributed by atoms with Crippen LogP contribution in [0, 0.1) is 0 Å². The van der Waals surface area contributed by atoms with Crippen LogP contribution < -0.4 is 10.1 Å². The Bertz CT molecular complexity index is 408. The van der Waals surface area contributed by atoms with Crippen molar-refractivity contribution < 1.29 is 9.53 Å². The second kappa shape index (κ2) is 7.24. The van der Waals surface area contributed by atoms with Crippen LogP contribution in [0.15, 0.2) is 18.2 Å². The number of likely N-dealkylation sites (N-methyl/N-ethyl adjacent to an activating group) is 1. The quantitative estimate of drug-likeness (QED) is 0.859. The Morgan fingerprint density at radius 3 is 2.72 bits per heavy atom. The van der Waals surface area contributed by atoms with Crippen molar-refractivity contribution in [2.75, 3.05) is 27.2 Å². The molecule has 100 valence electrons. The van der Waals surface area contributed by atoms with Gasteiger partial charge >= 0.3 is 0 Å². The summed E-state index contributed by atoms with van der Waals surface area (Å²) in [6.45, 7) is 3.73. The first-order valence-electron chi connectivity index (χ1n) is 5.86. The number of carbonyl (C=O) groups excluding carboxylic acids is 1. The normalized spacial score (nSPS) is 10.2. The number of benzene rings is 1. The molecule has 0 heterocycles. The molecule has 0 atom stereocenters. The maximum atomic E-state index is 11.4. The largest absolute Gasteiger partial charge is 0.482 e. The fourth-order valence-corrected chi connectivity index (χ4v) is 1.57. The van der Waals surface area contributed by atoms with Gasteiger partial charge in [0.15, 0.2) is 6.61 Å². The molecule has 0 unspecified atom stereocenters. The van der Waals surface area contributed by atoms with Gasteiger partial charge in [-0.1, -0.05) is 24.6 Å². The molecule has 1 N–H and O–H groups in total. The molecular formula is C13H19ClN2O2. The SMILES string of the molecule is CCNCc1ccc(OCC(=O)N(C)C)c(Cl)c1. The van der Waals surface area contributed by atoms with E-state index in [1.807, 2.05) is 19.1 Å². The molecule has 0 radical (unpaired) electrons. The van der Waals surface area contributed by atoms with Crippen LogP contribution in [0.25, 0.3) is 0 Å². The topological polar surface area (TPSA) is 41.6 Å². The highest BCUT2D eigenvalue weighted by atomic mass is 35.5. The van der Waals surface area contributed by atoms with E-state index in [1.54, 1.807) is 20.2 Å². The van der Waals surface area contributed by atoms with E-state index >= 15 is 0 Å². The number of nitrogens with one attached hydrogen (secondary N) is 1. The summed E-state index contributed by atoms with van der Waals surface area (Å²) in [4.78, 5) is 12.9. The predicted molar refractivity (Wildman–Crippen MR) is 73.0 cm³/mol. The van der Waals surface area contributed by atoms with Gasteiger partial charge in [-0.2, -0.15) is 0 Å². The van der Waals surface area contributed by atoms with Crippen molar-refractivity contribution in [2.45, 2.75) is 13.5 Å². The van der Waals surface area contributed by atoms with Gasteiger partial charge < -0.3 is 15.0 Å². The summed E-state index contributed by atoms with van der Waals surface area (Å²) in [6, 6.07) is 5.57. The Hall–Kier alpha value is -1.26. The minimum Gasteiger partial charge on any atom is -0.482 e. The van der Waals surface area contributed by atoms with Crippen LogP contribution in [0.1, 0.15) is 12.5 Å². The van der Waals surface area contributed by atoms with Crippen molar-refractivity contribution in [3.05, 3.63) is 28.8 Å². The first-order valence-corrected chi connectivity index (χ1v) is 6.24. The smallest absolute Gasteiger partial charge is 0.259 e. The van der Waals surface area contributed by atoms with E-state index in [1.165, 1.54) is 4.90 Å². The summed E-state index contributed by atoms with van der Waals surface area (Å²) < 4.78 is 5.38. The van der Waals surface area contributed by atoms with E-state index in [0.29, 0.717) is 10.8 Å². The van der Waals surface area contributed by atoms with Crippen LogP contribution in [-0.2, 0) is 11.3 Å². The van der Waals surface area contributed by atoms with Crippen molar-refractivity contribution in [3.63, 3.8) is 0 Å². The minimum atomic E-state index is -0.0946. The Balaban J connectivity index is 2.59. The lowest BCUT2D eigenvalue weighted by atomic mass is 10.2. The molecule has 0 saturated carbocycles. The average molecular weight is 271 g/mol. The molecule has 1 aromatic carbocycles. The zero-order valence-corrected chi connectivity index (χ0v) is 11.8. The molecule has 0 aliphatic heterocycles. The molecule has 1 aromatic rings. The lowest BCUT2D eigenvalue weighted by Gasteiger charge is -2.12. The second-order valence-corrected chi connectivity index (χ2v) is 4.53.